The molecule has 7 nitrogen and oxygen atoms in total. The molecule has 24 heavy (non-hydrogen) atoms. The molecule has 2 rings (SSSR count). The van der Waals surface area contributed by atoms with Crippen LogP contribution < -0.4 is 15.0 Å². The van der Waals surface area contributed by atoms with E-state index in [1.807, 2.05) is 13.8 Å². The molecule has 0 aromatic heterocycles. The molecule has 2 amide bonds. The molecule has 0 fully saturated rings. The zero-order chi connectivity index (χ0) is 18.1. The molecule has 0 saturated heterocycles. The third kappa shape index (κ3) is 3.67. The van der Waals surface area contributed by atoms with E-state index in [2.05, 4.69) is 5.32 Å². The highest BCUT2D eigenvalue weighted by molar-refractivity contribution is 6.03. The summed E-state index contributed by atoms with van der Waals surface area (Å²) in [5.74, 6) is -1.02. The van der Waals surface area contributed by atoms with Crippen molar-refractivity contribution in [3.05, 3.63) is 18.2 Å². The van der Waals surface area contributed by atoms with Gasteiger partial charge in [0.1, 0.15) is 5.75 Å². The van der Waals surface area contributed by atoms with Gasteiger partial charge in [0.2, 0.25) is 5.91 Å². The molecule has 0 radical (unpaired) electrons. The first-order valence-electron chi connectivity index (χ1n) is 7.80. The summed E-state index contributed by atoms with van der Waals surface area (Å²) in [7, 11) is 0. The van der Waals surface area contributed by atoms with Crippen LogP contribution in [0.25, 0.3) is 0 Å². The average Bonchev–Trinajstić information content (AvgIpc) is 2.45. The van der Waals surface area contributed by atoms with Crippen LogP contribution >= 0.6 is 0 Å². The van der Waals surface area contributed by atoms with E-state index in [1.54, 1.807) is 36.9 Å². The molecule has 130 valence electrons. The number of amides is 2. The molecule has 1 aliphatic heterocycles. The molecule has 2 N–H and O–H groups in total. The number of carbonyl (C=O) groups is 3. The summed E-state index contributed by atoms with van der Waals surface area (Å²) >= 11 is 0. The predicted octanol–water partition coefficient (Wildman–Crippen LogP) is 2.40. The van der Waals surface area contributed by atoms with Crippen LogP contribution in [0.4, 0.5) is 11.4 Å². The van der Waals surface area contributed by atoms with Gasteiger partial charge in [-0.2, -0.15) is 0 Å². The fourth-order valence-electron chi connectivity index (χ4n) is 2.55. The molecule has 0 unspecified atom stereocenters. The summed E-state index contributed by atoms with van der Waals surface area (Å²) in [6, 6.07) is 5.00. The highest BCUT2D eigenvalue weighted by Gasteiger charge is 2.41. The molecular formula is C17H22N2O5. The first-order chi connectivity index (χ1) is 11.1. The van der Waals surface area contributed by atoms with Crippen molar-refractivity contribution in [2.75, 3.05) is 10.2 Å². The second-order valence-corrected chi connectivity index (χ2v) is 6.51. The van der Waals surface area contributed by atoms with Crippen LogP contribution in [0.3, 0.4) is 0 Å². The summed E-state index contributed by atoms with van der Waals surface area (Å²) in [6.07, 6.45) is -0.328. The van der Waals surface area contributed by atoms with E-state index in [0.29, 0.717) is 17.1 Å². The van der Waals surface area contributed by atoms with Crippen molar-refractivity contribution >= 4 is 29.2 Å². The third-order valence-corrected chi connectivity index (χ3v) is 3.68. The van der Waals surface area contributed by atoms with Crippen molar-refractivity contribution in [1.82, 2.24) is 0 Å². The fourth-order valence-corrected chi connectivity index (χ4v) is 2.55. The molecule has 1 heterocycles. The smallest absolute Gasteiger partial charge is 0.303 e. The minimum Gasteiger partial charge on any atom is -0.481 e. The second-order valence-electron chi connectivity index (χ2n) is 6.51. The molecule has 7 heteroatoms. The van der Waals surface area contributed by atoms with Crippen molar-refractivity contribution in [2.45, 2.75) is 52.2 Å². The normalized spacial score (nSPS) is 15.7. The summed E-state index contributed by atoms with van der Waals surface area (Å²) in [5.41, 5.74) is 0.152. The Kier molecular flexibility index (Phi) is 4.82. The number of hydrogen-bond acceptors (Lipinski definition) is 4. The van der Waals surface area contributed by atoms with Crippen molar-refractivity contribution in [1.29, 1.82) is 0 Å². The fraction of sp³-hybridized carbons (Fsp3) is 0.471. The van der Waals surface area contributed by atoms with E-state index in [0.717, 1.165) is 0 Å². The number of rotatable bonds is 5. The van der Waals surface area contributed by atoms with E-state index in [-0.39, 0.29) is 30.7 Å². The molecule has 0 saturated carbocycles. The number of carboxylic acids is 1. The number of hydrogen-bond donors (Lipinski definition) is 2. The van der Waals surface area contributed by atoms with Crippen LogP contribution in [0.1, 0.15) is 40.5 Å². The van der Waals surface area contributed by atoms with Crippen LogP contribution in [-0.4, -0.2) is 34.5 Å². The number of carbonyl (C=O) groups excluding carboxylic acids is 2. The Morgan fingerprint density at radius 2 is 1.96 bits per heavy atom. The first-order valence-corrected chi connectivity index (χ1v) is 7.80. The SMILES string of the molecule is CC(C)N1C(=O)C(C)(C)Oc2cc(NC(=O)CCC(=O)O)ccc21. The number of nitrogens with one attached hydrogen (secondary N) is 1. The zero-order valence-corrected chi connectivity index (χ0v) is 14.3. The Morgan fingerprint density at radius 1 is 1.29 bits per heavy atom. The molecular weight excluding hydrogens is 312 g/mol. The van der Waals surface area contributed by atoms with Gasteiger partial charge in [-0.25, -0.2) is 0 Å². The standard InChI is InChI=1S/C17H22N2O5/c1-10(2)19-12-6-5-11(18-14(20)7-8-15(21)22)9-13(12)24-17(3,4)16(19)23/h5-6,9-10H,7-8H2,1-4H3,(H,18,20)(H,21,22). The summed E-state index contributed by atoms with van der Waals surface area (Å²) < 4.78 is 5.80. The predicted molar refractivity (Wildman–Crippen MR) is 89.3 cm³/mol. The number of fused-ring (bicyclic) bond motifs is 1. The van der Waals surface area contributed by atoms with Gasteiger partial charge in [0.25, 0.3) is 5.91 Å². The summed E-state index contributed by atoms with van der Waals surface area (Å²) in [5, 5.41) is 11.3. The van der Waals surface area contributed by atoms with Crippen molar-refractivity contribution < 1.29 is 24.2 Å². The van der Waals surface area contributed by atoms with Crippen LogP contribution in [0.5, 0.6) is 5.75 Å². The molecule has 0 bridgehead atoms. The Morgan fingerprint density at radius 3 is 2.54 bits per heavy atom. The lowest BCUT2D eigenvalue weighted by Crippen LogP contribution is -2.54. The highest BCUT2D eigenvalue weighted by Crippen LogP contribution is 2.40. The van der Waals surface area contributed by atoms with Crippen molar-refractivity contribution in [3.63, 3.8) is 0 Å². The topological polar surface area (TPSA) is 95.9 Å². The van der Waals surface area contributed by atoms with Gasteiger partial charge in [-0.05, 0) is 39.8 Å². The number of aliphatic carboxylic acids is 1. The maximum atomic E-state index is 12.5. The molecule has 1 aromatic rings. The van der Waals surface area contributed by atoms with Gasteiger partial charge in [0.15, 0.2) is 5.60 Å². The van der Waals surface area contributed by atoms with Gasteiger partial charge in [-0.3, -0.25) is 14.4 Å². The molecule has 0 atom stereocenters. The van der Waals surface area contributed by atoms with Gasteiger partial charge in [-0.1, -0.05) is 0 Å². The van der Waals surface area contributed by atoms with Gasteiger partial charge >= 0.3 is 5.97 Å². The highest BCUT2D eigenvalue weighted by atomic mass is 16.5. The van der Waals surface area contributed by atoms with Gasteiger partial charge in [0.05, 0.1) is 12.1 Å². The van der Waals surface area contributed by atoms with E-state index in [1.165, 1.54) is 0 Å². The number of benzene rings is 1. The van der Waals surface area contributed by atoms with Crippen LogP contribution in [0.2, 0.25) is 0 Å². The average molecular weight is 334 g/mol. The van der Waals surface area contributed by atoms with E-state index < -0.39 is 11.6 Å². The van der Waals surface area contributed by atoms with E-state index in [4.69, 9.17) is 9.84 Å². The molecule has 0 spiro atoms. The van der Waals surface area contributed by atoms with Gasteiger partial charge in [0, 0.05) is 24.2 Å². The largest absolute Gasteiger partial charge is 0.481 e. The first kappa shape index (κ1) is 17.8. The minimum absolute atomic E-state index is 0.0320. The van der Waals surface area contributed by atoms with Crippen molar-refractivity contribution in [2.24, 2.45) is 0 Å². The molecule has 0 aliphatic carbocycles. The number of nitrogens with zero attached hydrogens (tertiary/aromatic N) is 1. The van der Waals surface area contributed by atoms with Crippen LogP contribution in [0.15, 0.2) is 18.2 Å². The Bertz CT molecular complexity index is 682. The monoisotopic (exact) mass is 334 g/mol. The van der Waals surface area contributed by atoms with Crippen LogP contribution in [-0.2, 0) is 14.4 Å². The number of anilines is 2. The zero-order valence-electron chi connectivity index (χ0n) is 14.3. The third-order valence-electron chi connectivity index (χ3n) is 3.68. The maximum Gasteiger partial charge on any atom is 0.303 e. The van der Waals surface area contributed by atoms with Gasteiger partial charge < -0.3 is 20.1 Å². The van der Waals surface area contributed by atoms with E-state index in [9.17, 15) is 14.4 Å². The second kappa shape index (κ2) is 6.51. The lowest BCUT2D eigenvalue weighted by Gasteiger charge is -2.40. The lowest BCUT2D eigenvalue weighted by molar-refractivity contribution is -0.138. The number of ether oxygens (including phenoxy) is 1. The maximum absolute atomic E-state index is 12.5. The van der Waals surface area contributed by atoms with Crippen molar-refractivity contribution in [3.8, 4) is 5.75 Å². The molecule has 1 aromatic carbocycles. The Balaban J connectivity index is 2.25. The quantitative estimate of drug-likeness (QED) is 0.862. The summed E-state index contributed by atoms with van der Waals surface area (Å²) in [6.45, 7) is 7.24. The summed E-state index contributed by atoms with van der Waals surface area (Å²) in [4.78, 5) is 36.5. The van der Waals surface area contributed by atoms with Gasteiger partial charge in [-0.15, -0.1) is 0 Å². The Hall–Kier alpha value is -2.57. The Labute approximate surface area is 140 Å². The lowest BCUT2D eigenvalue weighted by atomic mass is 10.0. The van der Waals surface area contributed by atoms with E-state index >= 15 is 0 Å². The minimum atomic E-state index is -1.02. The number of carboxylic acid groups (broad SMARTS) is 1. The molecule has 1 aliphatic rings. The van der Waals surface area contributed by atoms with Crippen LogP contribution in [0, 0.1) is 0 Å².